The van der Waals surface area contributed by atoms with Gasteiger partial charge in [0.25, 0.3) is 0 Å². The van der Waals surface area contributed by atoms with Gasteiger partial charge in [0, 0.05) is 0 Å². The zero-order valence-electron chi connectivity index (χ0n) is 16.5. The first kappa shape index (κ1) is 16.0. The maximum absolute atomic E-state index is 6.19. The van der Waals surface area contributed by atoms with Gasteiger partial charge in [-0.05, 0) is 96.7 Å². The Morgan fingerprint density at radius 1 is 0.800 bits per heavy atom. The Hall–Kier alpha value is -0.0400. The van der Waals surface area contributed by atoms with E-state index < -0.39 is 0 Å². The van der Waals surface area contributed by atoms with Gasteiger partial charge < -0.3 is 4.74 Å². The third kappa shape index (κ3) is 1.76. The average molecular weight is 343 g/mol. The molecule has 25 heavy (non-hydrogen) atoms. The first-order valence-electron chi connectivity index (χ1n) is 11.8. The van der Waals surface area contributed by atoms with Gasteiger partial charge in [-0.15, -0.1) is 0 Å². The monoisotopic (exact) mass is 342 g/mol. The summed E-state index contributed by atoms with van der Waals surface area (Å²) in [6, 6.07) is 0. The molecule has 1 heteroatoms. The van der Waals surface area contributed by atoms with E-state index in [1.807, 2.05) is 0 Å². The summed E-state index contributed by atoms with van der Waals surface area (Å²) in [6.45, 7) is 7.32. The van der Waals surface area contributed by atoms with Gasteiger partial charge in [0.1, 0.15) is 0 Å². The lowest BCUT2D eigenvalue weighted by atomic mass is 9.28. The predicted octanol–water partition coefficient (Wildman–Crippen LogP) is 5.93. The number of hydrogen-bond acceptors (Lipinski definition) is 1. The van der Waals surface area contributed by atoms with Crippen LogP contribution in [0.25, 0.3) is 0 Å². The van der Waals surface area contributed by atoms with Gasteiger partial charge >= 0.3 is 0 Å². The summed E-state index contributed by atoms with van der Waals surface area (Å²) < 4.78 is 6.19. The molecule has 1 spiro atoms. The standard InChI is InChI=1S/C24H38O/c1-15-5-8-17(9-6-15)24-20-14-25-13-19(20)18-4-3-11-23(22(18)24)12-16(2)7-10-21(23)24/h15-22H,3-14H2,1-2H3. The van der Waals surface area contributed by atoms with Crippen molar-refractivity contribution in [3.8, 4) is 0 Å². The van der Waals surface area contributed by atoms with Gasteiger partial charge in [-0.25, -0.2) is 0 Å². The van der Waals surface area contributed by atoms with E-state index in [4.69, 9.17) is 4.74 Å². The van der Waals surface area contributed by atoms with E-state index in [2.05, 4.69) is 13.8 Å². The summed E-state index contributed by atoms with van der Waals surface area (Å²) in [6.07, 6.45) is 15.5. The van der Waals surface area contributed by atoms with E-state index in [1.165, 1.54) is 25.7 Å². The summed E-state index contributed by atoms with van der Waals surface area (Å²) in [4.78, 5) is 0. The fraction of sp³-hybridized carbons (Fsp3) is 1.00. The molecule has 140 valence electrons. The second-order valence-corrected chi connectivity index (χ2v) is 11.5. The van der Waals surface area contributed by atoms with Crippen molar-refractivity contribution in [1.29, 1.82) is 0 Å². The van der Waals surface area contributed by atoms with Crippen LogP contribution in [0.15, 0.2) is 0 Å². The van der Waals surface area contributed by atoms with Crippen LogP contribution >= 0.6 is 0 Å². The van der Waals surface area contributed by atoms with Crippen molar-refractivity contribution in [2.24, 2.45) is 58.2 Å². The zero-order valence-corrected chi connectivity index (χ0v) is 16.5. The molecule has 5 saturated carbocycles. The van der Waals surface area contributed by atoms with Crippen LogP contribution in [0.1, 0.15) is 78.1 Å². The van der Waals surface area contributed by atoms with Gasteiger partial charge in [-0.1, -0.05) is 39.5 Å². The summed E-state index contributed by atoms with van der Waals surface area (Å²) in [7, 11) is 0. The van der Waals surface area contributed by atoms with E-state index in [9.17, 15) is 0 Å². The van der Waals surface area contributed by atoms with Crippen LogP contribution in [-0.2, 0) is 4.74 Å². The van der Waals surface area contributed by atoms with Crippen LogP contribution in [0, 0.1) is 58.2 Å². The summed E-state index contributed by atoms with van der Waals surface area (Å²) >= 11 is 0. The number of hydrogen-bond donors (Lipinski definition) is 0. The van der Waals surface area contributed by atoms with Crippen LogP contribution in [0.5, 0.6) is 0 Å². The Bertz CT molecular complexity index is 548. The van der Waals surface area contributed by atoms with Crippen molar-refractivity contribution >= 4 is 0 Å². The molecular weight excluding hydrogens is 304 g/mol. The summed E-state index contributed by atoms with van der Waals surface area (Å²) in [5.74, 6) is 8.17. The van der Waals surface area contributed by atoms with E-state index in [-0.39, 0.29) is 0 Å². The van der Waals surface area contributed by atoms with Gasteiger partial charge in [-0.2, -0.15) is 0 Å². The fourth-order valence-electron chi connectivity index (χ4n) is 10.5. The molecule has 6 fully saturated rings. The fourth-order valence-corrected chi connectivity index (χ4v) is 10.5. The van der Waals surface area contributed by atoms with Gasteiger partial charge in [-0.3, -0.25) is 0 Å². The van der Waals surface area contributed by atoms with Crippen LogP contribution in [0.2, 0.25) is 0 Å². The Kier molecular flexibility index (Phi) is 3.36. The molecule has 1 aliphatic heterocycles. The minimum Gasteiger partial charge on any atom is -0.381 e. The molecule has 0 N–H and O–H groups in total. The van der Waals surface area contributed by atoms with Crippen LogP contribution < -0.4 is 0 Å². The van der Waals surface area contributed by atoms with Crippen molar-refractivity contribution in [2.75, 3.05) is 13.2 Å². The maximum atomic E-state index is 6.19. The molecule has 8 atom stereocenters. The van der Waals surface area contributed by atoms with Crippen LogP contribution in [0.3, 0.4) is 0 Å². The molecule has 0 amide bonds. The smallest absolute Gasteiger partial charge is 0.0503 e. The van der Waals surface area contributed by atoms with Crippen molar-refractivity contribution in [1.82, 2.24) is 0 Å². The largest absolute Gasteiger partial charge is 0.381 e. The molecule has 1 heterocycles. The number of fused-ring (bicyclic) bond motifs is 4. The van der Waals surface area contributed by atoms with Gasteiger partial charge in [0.2, 0.25) is 0 Å². The lowest BCUT2D eigenvalue weighted by Crippen LogP contribution is -2.71. The van der Waals surface area contributed by atoms with Gasteiger partial charge in [0.15, 0.2) is 0 Å². The summed E-state index contributed by atoms with van der Waals surface area (Å²) in [5.41, 5.74) is 1.51. The van der Waals surface area contributed by atoms with Gasteiger partial charge in [0.05, 0.1) is 13.2 Å². The molecule has 0 radical (unpaired) electrons. The highest BCUT2D eigenvalue weighted by molar-refractivity contribution is 5.28. The Labute approximate surface area is 154 Å². The summed E-state index contributed by atoms with van der Waals surface area (Å²) in [5, 5.41) is 0. The highest BCUT2D eigenvalue weighted by Gasteiger charge is 2.81. The van der Waals surface area contributed by atoms with Crippen molar-refractivity contribution in [3.05, 3.63) is 0 Å². The Balaban J connectivity index is 1.45. The molecule has 0 aromatic carbocycles. The molecule has 0 aromatic heterocycles. The SMILES string of the molecule is CC1CCC(C23C4COCC4C4CCCC5(CC(C)CCC52)C43)CC1. The lowest BCUT2D eigenvalue weighted by Gasteiger charge is -2.76. The van der Waals surface area contributed by atoms with Crippen LogP contribution in [-0.4, -0.2) is 13.2 Å². The Morgan fingerprint density at radius 3 is 2.44 bits per heavy atom. The molecule has 5 aliphatic carbocycles. The van der Waals surface area contributed by atoms with Crippen molar-refractivity contribution < 1.29 is 4.74 Å². The third-order valence-corrected chi connectivity index (χ3v) is 10.8. The van der Waals surface area contributed by atoms with E-state index in [0.717, 1.165) is 71.4 Å². The average Bonchev–Trinajstić information content (AvgIpc) is 3.15. The number of rotatable bonds is 1. The molecule has 6 aliphatic rings. The first-order chi connectivity index (χ1) is 12.2. The molecule has 1 saturated heterocycles. The molecule has 6 rings (SSSR count). The van der Waals surface area contributed by atoms with E-state index >= 15 is 0 Å². The van der Waals surface area contributed by atoms with Crippen molar-refractivity contribution in [2.45, 2.75) is 78.1 Å². The highest BCUT2D eigenvalue weighted by atomic mass is 16.5. The molecule has 0 bridgehead atoms. The second-order valence-electron chi connectivity index (χ2n) is 11.5. The number of ether oxygens (including phenoxy) is 1. The van der Waals surface area contributed by atoms with E-state index in [0.29, 0.717) is 0 Å². The molecular formula is C24H38O. The zero-order chi connectivity index (χ0) is 16.8. The highest BCUT2D eigenvalue weighted by Crippen LogP contribution is 2.85. The topological polar surface area (TPSA) is 9.23 Å². The minimum absolute atomic E-state index is 0.729. The maximum Gasteiger partial charge on any atom is 0.0503 e. The first-order valence-corrected chi connectivity index (χ1v) is 11.8. The molecule has 1 nitrogen and oxygen atoms in total. The Morgan fingerprint density at radius 2 is 1.60 bits per heavy atom. The van der Waals surface area contributed by atoms with Crippen molar-refractivity contribution in [3.63, 3.8) is 0 Å². The lowest BCUT2D eigenvalue weighted by molar-refractivity contribution is -0.287. The second kappa shape index (κ2) is 5.27. The predicted molar refractivity (Wildman–Crippen MR) is 101 cm³/mol. The molecule has 8 unspecified atom stereocenters. The third-order valence-electron chi connectivity index (χ3n) is 10.8. The normalized spacial score (nSPS) is 62.6. The minimum atomic E-state index is 0.729. The van der Waals surface area contributed by atoms with E-state index in [1.54, 1.807) is 38.5 Å². The van der Waals surface area contributed by atoms with Crippen LogP contribution in [0.4, 0.5) is 0 Å². The molecule has 0 aromatic rings. The quantitative estimate of drug-likeness (QED) is 0.574.